The molecule has 28 heavy (non-hydrogen) atoms. The van der Waals surface area contributed by atoms with Gasteiger partial charge in [-0.15, -0.1) is 0 Å². The normalized spacial score (nSPS) is 15.5. The Morgan fingerprint density at radius 2 is 1.86 bits per heavy atom. The number of urea groups is 1. The highest BCUT2D eigenvalue weighted by atomic mass is 79.9. The van der Waals surface area contributed by atoms with E-state index in [2.05, 4.69) is 21.2 Å². The molecule has 3 rings (SSSR count). The third-order valence-electron chi connectivity index (χ3n) is 3.72. The van der Waals surface area contributed by atoms with Crippen molar-refractivity contribution in [3.05, 3.63) is 64.1 Å². The monoisotopic (exact) mass is 443 g/mol. The first kappa shape index (κ1) is 19.3. The number of benzene rings is 2. The molecule has 9 heteroatoms. The molecule has 0 saturated carbocycles. The number of barbiturate groups is 1. The Balaban J connectivity index is 1.87. The van der Waals surface area contributed by atoms with Gasteiger partial charge in [-0.25, -0.2) is 9.69 Å². The Kier molecular flexibility index (Phi) is 5.55. The molecular formula is C19H12BrN2O6-. The fourth-order valence-electron chi connectivity index (χ4n) is 2.48. The Hall–Kier alpha value is -3.46. The first-order valence-corrected chi connectivity index (χ1v) is 8.74. The van der Waals surface area contributed by atoms with Crippen molar-refractivity contribution in [1.82, 2.24) is 5.32 Å². The molecular weight excluding hydrogens is 432 g/mol. The maximum atomic E-state index is 12.8. The molecule has 1 saturated heterocycles. The lowest BCUT2D eigenvalue weighted by Crippen LogP contribution is -2.54. The standard InChI is InChI=1S/C19H13BrN2O6/c20-12-2-1-3-13(9-12)22-18(26)15(17(25)21-19(22)27)8-11-4-6-14(7-5-11)28-10-16(23)24/h1-9H,10H2,(H,23,24)(H,21,25,27)/p-1/b15-8+. The van der Waals surface area contributed by atoms with Crippen LogP contribution in [-0.4, -0.2) is 30.4 Å². The summed E-state index contributed by atoms with van der Waals surface area (Å²) in [5, 5.41) is 12.5. The van der Waals surface area contributed by atoms with Gasteiger partial charge in [0.1, 0.15) is 17.9 Å². The van der Waals surface area contributed by atoms with Crippen LogP contribution < -0.4 is 20.1 Å². The van der Waals surface area contributed by atoms with Crippen LogP contribution in [0.4, 0.5) is 10.5 Å². The molecule has 2 aromatic carbocycles. The van der Waals surface area contributed by atoms with Crippen LogP contribution in [0.15, 0.2) is 58.6 Å². The summed E-state index contributed by atoms with van der Waals surface area (Å²) in [4.78, 5) is 48.4. The minimum absolute atomic E-state index is 0.219. The minimum atomic E-state index is -1.35. The van der Waals surface area contributed by atoms with Crippen molar-refractivity contribution < 1.29 is 29.0 Å². The van der Waals surface area contributed by atoms with Crippen molar-refractivity contribution in [2.45, 2.75) is 0 Å². The zero-order valence-corrected chi connectivity index (χ0v) is 15.8. The van der Waals surface area contributed by atoms with Gasteiger partial charge in [0, 0.05) is 4.47 Å². The van der Waals surface area contributed by atoms with Gasteiger partial charge in [0.2, 0.25) is 0 Å². The fourth-order valence-corrected chi connectivity index (χ4v) is 2.86. The molecule has 1 aliphatic heterocycles. The maximum Gasteiger partial charge on any atom is 0.335 e. The van der Waals surface area contributed by atoms with Crippen LogP contribution in [0.5, 0.6) is 5.75 Å². The van der Waals surface area contributed by atoms with E-state index in [1.165, 1.54) is 30.3 Å². The molecule has 1 fully saturated rings. The van der Waals surface area contributed by atoms with Crippen molar-refractivity contribution in [3.63, 3.8) is 0 Å². The average Bonchev–Trinajstić information content (AvgIpc) is 2.64. The first-order chi connectivity index (χ1) is 13.3. The molecule has 142 valence electrons. The Morgan fingerprint density at radius 1 is 1.14 bits per heavy atom. The average molecular weight is 444 g/mol. The smallest absolute Gasteiger partial charge is 0.335 e. The summed E-state index contributed by atoms with van der Waals surface area (Å²) in [5.74, 6) is -2.63. The largest absolute Gasteiger partial charge is 0.546 e. The highest BCUT2D eigenvalue weighted by Crippen LogP contribution is 2.25. The van der Waals surface area contributed by atoms with Crippen LogP contribution in [-0.2, 0) is 14.4 Å². The van der Waals surface area contributed by atoms with Gasteiger partial charge in [-0.3, -0.25) is 14.9 Å². The molecule has 0 bridgehead atoms. The third kappa shape index (κ3) is 4.26. The number of anilines is 1. The van der Waals surface area contributed by atoms with E-state index in [9.17, 15) is 24.3 Å². The van der Waals surface area contributed by atoms with Gasteiger partial charge in [-0.1, -0.05) is 34.1 Å². The van der Waals surface area contributed by atoms with E-state index in [1.807, 2.05) is 0 Å². The van der Waals surface area contributed by atoms with Crippen LogP contribution in [0.3, 0.4) is 0 Å². The molecule has 0 atom stereocenters. The van der Waals surface area contributed by atoms with Gasteiger partial charge in [0.05, 0.1) is 11.7 Å². The molecule has 8 nitrogen and oxygen atoms in total. The molecule has 0 aromatic heterocycles. The SMILES string of the molecule is O=C([O-])COc1ccc(/C=C2\C(=O)NC(=O)N(c3cccc(Br)c3)C2=O)cc1. The number of hydrogen-bond acceptors (Lipinski definition) is 6. The summed E-state index contributed by atoms with van der Waals surface area (Å²) in [6.45, 7) is -0.592. The van der Waals surface area contributed by atoms with E-state index >= 15 is 0 Å². The van der Waals surface area contributed by atoms with E-state index in [-0.39, 0.29) is 11.3 Å². The number of rotatable bonds is 5. The van der Waals surface area contributed by atoms with Crippen molar-refractivity contribution in [3.8, 4) is 5.75 Å². The number of nitrogens with zero attached hydrogens (tertiary/aromatic N) is 1. The second kappa shape index (κ2) is 8.05. The van der Waals surface area contributed by atoms with Crippen LogP contribution in [0.2, 0.25) is 0 Å². The molecule has 0 spiro atoms. The number of carboxylic acid groups (broad SMARTS) is 1. The first-order valence-electron chi connectivity index (χ1n) is 7.95. The van der Waals surface area contributed by atoms with Crippen LogP contribution >= 0.6 is 15.9 Å². The quantitative estimate of drug-likeness (QED) is 0.548. The number of carboxylic acids is 1. The van der Waals surface area contributed by atoms with Gasteiger partial charge >= 0.3 is 6.03 Å². The highest BCUT2D eigenvalue weighted by Gasteiger charge is 2.36. The topological polar surface area (TPSA) is 116 Å². The van der Waals surface area contributed by atoms with Crippen LogP contribution in [0.25, 0.3) is 6.08 Å². The predicted octanol–water partition coefficient (Wildman–Crippen LogP) is 1.24. The van der Waals surface area contributed by atoms with Crippen molar-refractivity contribution >= 4 is 51.5 Å². The van der Waals surface area contributed by atoms with E-state index in [0.29, 0.717) is 15.7 Å². The summed E-state index contributed by atoms with van der Waals surface area (Å²) in [7, 11) is 0. The number of carbonyl (C=O) groups excluding carboxylic acids is 4. The second-order valence-corrected chi connectivity index (χ2v) is 6.58. The van der Waals surface area contributed by atoms with Gasteiger partial charge in [-0.05, 0) is 42.0 Å². The van der Waals surface area contributed by atoms with Crippen LogP contribution in [0, 0.1) is 0 Å². The molecule has 2 aromatic rings. The van der Waals surface area contributed by atoms with E-state index in [4.69, 9.17) is 4.74 Å². The lowest BCUT2D eigenvalue weighted by atomic mass is 10.1. The van der Waals surface area contributed by atoms with Gasteiger partial charge in [0.15, 0.2) is 0 Å². The summed E-state index contributed by atoms with van der Waals surface area (Å²) < 4.78 is 5.64. The van der Waals surface area contributed by atoms with Crippen molar-refractivity contribution in [1.29, 1.82) is 0 Å². The summed E-state index contributed by atoms with van der Waals surface area (Å²) >= 11 is 3.27. The third-order valence-corrected chi connectivity index (χ3v) is 4.21. The fraction of sp³-hybridized carbons (Fsp3) is 0.0526. The Morgan fingerprint density at radius 3 is 2.50 bits per heavy atom. The number of hydrogen-bond donors (Lipinski definition) is 1. The van der Waals surface area contributed by atoms with Crippen molar-refractivity contribution in [2.24, 2.45) is 0 Å². The molecule has 0 radical (unpaired) electrons. The van der Waals surface area contributed by atoms with E-state index in [0.717, 1.165) is 4.90 Å². The lowest BCUT2D eigenvalue weighted by Gasteiger charge is -2.26. The van der Waals surface area contributed by atoms with Gasteiger partial charge in [0.25, 0.3) is 11.8 Å². The maximum absolute atomic E-state index is 12.8. The zero-order valence-electron chi connectivity index (χ0n) is 14.2. The molecule has 0 aliphatic carbocycles. The number of ether oxygens (including phenoxy) is 1. The van der Waals surface area contributed by atoms with Crippen LogP contribution in [0.1, 0.15) is 5.56 Å². The number of imide groups is 2. The van der Waals surface area contributed by atoms with E-state index < -0.39 is 30.4 Å². The minimum Gasteiger partial charge on any atom is -0.546 e. The van der Waals surface area contributed by atoms with Gasteiger partial charge in [-0.2, -0.15) is 0 Å². The second-order valence-electron chi connectivity index (χ2n) is 5.67. The Bertz CT molecular complexity index is 1000. The summed E-state index contributed by atoms with van der Waals surface area (Å²) in [6.07, 6.45) is 1.33. The number of amides is 4. The van der Waals surface area contributed by atoms with Crippen molar-refractivity contribution in [2.75, 3.05) is 11.5 Å². The predicted molar refractivity (Wildman–Crippen MR) is 100 cm³/mol. The Labute approximate surface area is 167 Å². The summed E-state index contributed by atoms with van der Waals surface area (Å²) in [6, 6.07) is 11.8. The molecule has 1 aliphatic rings. The number of halogens is 1. The molecule has 0 unspecified atom stereocenters. The highest BCUT2D eigenvalue weighted by molar-refractivity contribution is 9.10. The molecule has 1 heterocycles. The number of aliphatic carboxylic acids is 1. The molecule has 4 amide bonds. The van der Waals surface area contributed by atoms with Gasteiger partial charge < -0.3 is 14.6 Å². The van der Waals surface area contributed by atoms with E-state index in [1.54, 1.807) is 24.3 Å². The lowest BCUT2D eigenvalue weighted by molar-refractivity contribution is -0.307. The zero-order chi connectivity index (χ0) is 20.3. The molecule has 1 N–H and O–H groups in total. The number of nitrogens with one attached hydrogen (secondary N) is 1. The summed E-state index contributed by atoms with van der Waals surface area (Å²) in [5.41, 5.74) is 0.576. The number of carbonyl (C=O) groups is 4.